The van der Waals surface area contributed by atoms with Crippen LogP contribution in [0.5, 0.6) is 5.75 Å². The third kappa shape index (κ3) is 2.86. The maximum atomic E-state index is 6.52. The van der Waals surface area contributed by atoms with Crippen molar-refractivity contribution in [2.75, 3.05) is 0 Å². The number of hydrogen-bond acceptors (Lipinski definition) is 2. The Morgan fingerprint density at radius 3 is 2.64 bits per heavy atom. The topological polar surface area (TPSA) is 35.2 Å². The third-order valence-electron chi connectivity index (χ3n) is 4.19. The van der Waals surface area contributed by atoms with Gasteiger partial charge in [0.15, 0.2) is 6.23 Å². The second kappa shape index (κ2) is 6.31. The van der Waals surface area contributed by atoms with Crippen LogP contribution < -0.4 is 10.5 Å². The molecule has 116 valence electrons. The van der Waals surface area contributed by atoms with Crippen LogP contribution >= 0.6 is 11.6 Å². The van der Waals surface area contributed by atoms with Gasteiger partial charge in [-0.1, -0.05) is 50.1 Å². The van der Waals surface area contributed by atoms with E-state index in [-0.39, 0.29) is 6.23 Å². The molecule has 2 aromatic carbocycles. The lowest BCUT2D eigenvalue weighted by molar-refractivity contribution is 0.242. The molecule has 3 rings (SSSR count). The highest BCUT2D eigenvalue weighted by Crippen LogP contribution is 2.42. The van der Waals surface area contributed by atoms with Crippen molar-refractivity contribution in [1.29, 1.82) is 0 Å². The smallest absolute Gasteiger partial charge is 0.151 e. The van der Waals surface area contributed by atoms with Crippen molar-refractivity contribution in [3.8, 4) is 16.9 Å². The molecule has 1 unspecified atom stereocenters. The van der Waals surface area contributed by atoms with Crippen molar-refractivity contribution in [2.45, 2.75) is 45.8 Å². The number of aryl methyl sites for hydroxylation is 2. The van der Waals surface area contributed by atoms with E-state index in [0.717, 1.165) is 47.6 Å². The summed E-state index contributed by atoms with van der Waals surface area (Å²) < 4.78 is 5.86. The molecule has 1 aliphatic heterocycles. The van der Waals surface area contributed by atoms with E-state index in [2.05, 4.69) is 38.1 Å². The minimum Gasteiger partial charge on any atom is -0.474 e. The van der Waals surface area contributed by atoms with E-state index >= 15 is 0 Å². The fraction of sp³-hybridized carbons (Fsp3) is 0.368. The fourth-order valence-corrected chi connectivity index (χ4v) is 3.39. The number of hydrogen-bond donors (Lipinski definition) is 1. The lowest BCUT2D eigenvalue weighted by Crippen LogP contribution is -2.24. The molecule has 0 aliphatic carbocycles. The van der Waals surface area contributed by atoms with Crippen LogP contribution in [0.1, 0.15) is 37.0 Å². The van der Waals surface area contributed by atoms with E-state index < -0.39 is 0 Å². The highest BCUT2D eigenvalue weighted by molar-refractivity contribution is 6.33. The summed E-state index contributed by atoms with van der Waals surface area (Å²) in [5, 5.41) is 0.777. The number of benzene rings is 2. The first-order valence-corrected chi connectivity index (χ1v) is 8.37. The van der Waals surface area contributed by atoms with Gasteiger partial charge in [0.05, 0.1) is 0 Å². The number of ether oxygens (including phenoxy) is 1. The molecule has 1 atom stereocenters. The number of halogens is 1. The molecular formula is C19H22ClNO. The molecular weight excluding hydrogens is 294 g/mol. The number of nitrogens with two attached hydrogens (primary N) is 1. The highest BCUT2D eigenvalue weighted by Gasteiger charge is 2.25. The Morgan fingerprint density at radius 2 is 1.95 bits per heavy atom. The lowest BCUT2D eigenvalue weighted by Gasteiger charge is -2.14. The number of rotatable bonds is 4. The van der Waals surface area contributed by atoms with Crippen LogP contribution in [0.4, 0.5) is 0 Å². The van der Waals surface area contributed by atoms with E-state index in [1.165, 1.54) is 16.7 Å². The summed E-state index contributed by atoms with van der Waals surface area (Å²) in [6.45, 7) is 4.32. The maximum absolute atomic E-state index is 6.52. The summed E-state index contributed by atoms with van der Waals surface area (Å²) in [6.07, 6.45) is 3.67. The molecule has 0 saturated heterocycles. The summed E-state index contributed by atoms with van der Waals surface area (Å²) in [5.74, 6) is 0.901. The van der Waals surface area contributed by atoms with Crippen LogP contribution in [0.3, 0.4) is 0 Å². The average molecular weight is 316 g/mol. The van der Waals surface area contributed by atoms with Crippen molar-refractivity contribution in [3.63, 3.8) is 0 Å². The SMILES string of the molecule is CCCc1cc2c(c(-c3ccc(CC)cc3Cl)c1)OC(N)C2. The summed E-state index contributed by atoms with van der Waals surface area (Å²) in [4.78, 5) is 0. The standard InChI is InChI=1S/C19H22ClNO/c1-3-5-13-8-14-11-18(21)22-19(14)16(9-13)15-7-6-12(4-2)10-17(15)20/h6-10,18H,3-5,11,21H2,1-2H3. The zero-order valence-corrected chi connectivity index (χ0v) is 13.9. The molecule has 2 aromatic rings. The molecule has 0 spiro atoms. The van der Waals surface area contributed by atoms with Crippen molar-refractivity contribution in [2.24, 2.45) is 5.73 Å². The molecule has 0 radical (unpaired) electrons. The Balaban J connectivity index is 2.13. The van der Waals surface area contributed by atoms with Gasteiger partial charge in [-0.25, -0.2) is 0 Å². The van der Waals surface area contributed by atoms with Crippen LogP contribution in [0, 0.1) is 0 Å². The molecule has 1 aliphatic rings. The monoisotopic (exact) mass is 315 g/mol. The Kier molecular flexibility index (Phi) is 4.42. The van der Waals surface area contributed by atoms with E-state index in [1.54, 1.807) is 0 Å². The van der Waals surface area contributed by atoms with E-state index in [0.29, 0.717) is 0 Å². The Morgan fingerprint density at radius 1 is 1.14 bits per heavy atom. The van der Waals surface area contributed by atoms with Crippen LogP contribution in [0.25, 0.3) is 11.1 Å². The van der Waals surface area contributed by atoms with Crippen LogP contribution in [0.2, 0.25) is 5.02 Å². The van der Waals surface area contributed by atoms with E-state index in [1.807, 2.05) is 6.07 Å². The Labute approximate surface area is 137 Å². The summed E-state index contributed by atoms with van der Waals surface area (Å²) in [5.41, 5.74) is 11.9. The first-order chi connectivity index (χ1) is 10.6. The van der Waals surface area contributed by atoms with Gasteiger partial charge in [-0.2, -0.15) is 0 Å². The quantitative estimate of drug-likeness (QED) is 0.884. The molecule has 22 heavy (non-hydrogen) atoms. The van der Waals surface area contributed by atoms with Crippen LogP contribution in [0.15, 0.2) is 30.3 Å². The summed E-state index contributed by atoms with van der Waals surface area (Å²) in [6, 6.07) is 10.7. The predicted octanol–water partition coefficient (Wildman–Crippen LogP) is 4.74. The van der Waals surface area contributed by atoms with Gasteiger partial charge in [0.25, 0.3) is 0 Å². The zero-order chi connectivity index (χ0) is 15.7. The van der Waals surface area contributed by atoms with Crippen molar-refractivity contribution in [1.82, 2.24) is 0 Å². The lowest BCUT2D eigenvalue weighted by atomic mass is 9.95. The normalized spacial score (nSPS) is 16.5. The minimum absolute atomic E-state index is 0.251. The van der Waals surface area contributed by atoms with Gasteiger partial charge in [0, 0.05) is 28.1 Å². The fourth-order valence-electron chi connectivity index (χ4n) is 3.09. The minimum atomic E-state index is -0.251. The molecule has 2 N–H and O–H groups in total. The molecule has 2 nitrogen and oxygen atoms in total. The van der Waals surface area contributed by atoms with Crippen LogP contribution in [-0.4, -0.2) is 6.23 Å². The molecule has 1 heterocycles. The first kappa shape index (κ1) is 15.4. The molecule has 3 heteroatoms. The van der Waals surface area contributed by atoms with Gasteiger partial charge in [-0.15, -0.1) is 0 Å². The molecule has 0 saturated carbocycles. The third-order valence-corrected chi connectivity index (χ3v) is 4.50. The van der Waals surface area contributed by atoms with Gasteiger partial charge in [0.2, 0.25) is 0 Å². The van der Waals surface area contributed by atoms with Crippen LogP contribution in [-0.2, 0) is 19.3 Å². The summed E-state index contributed by atoms with van der Waals surface area (Å²) >= 11 is 6.52. The van der Waals surface area contributed by atoms with Gasteiger partial charge in [0.1, 0.15) is 5.75 Å². The molecule has 0 amide bonds. The number of fused-ring (bicyclic) bond motifs is 1. The molecule has 0 fully saturated rings. The Hall–Kier alpha value is -1.51. The average Bonchev–Trinajstić information content (AvgIpc) is 2.87. The maximum Gasteiger partial charge on any atom is 0.151 e. The Bertz CT molecular complexity index is 696. The molecule has 0 aromatic heterocycles. The second-order valence-corrected chi connectivity index (χ2v) is 6.32. The second-order valence-electron chi connectivity index (χ2n) is 5.91. The van der Waals surface area contributed by atoms with Gasteiger partial charge >= 0.3 is 0 Å². The van der Waals surface area contributed by atoms with Gasteiger partial charge in [-0.05, 0) is 36.1 Å². The zero-order valence-electron chi connectivity index (χ0n) is 13.2. The highest BCUT2D eigenvalue weighted by atomic mass is 35.5. The van der Waals surface area contributed by atoms with Crippen molar-refractivity contribution in [3.05, 3.63) is 52.0 Å². The largest absolute Gasteiger partial charge is 0.474 e. The molecule has 0 bridgehead atoms. The van der Waals surface area contributed by atoms with Crippen molar-refractivity contribution < 1.29 is 4.74 Å². The van der Waals surface area contributed by atoms with Gasteiger partial charge < -0.3 is 4.74 Å². The van der Waals surface area contributed by atoms with Crippen molar-refractivity contribution >= 4 is 11.6 Å². The summed E-state index contributed by atoms with van der Waals surface area (Å²) in [7, 11) is 0. The van der Waals surface area contributed by atoms with E-state index in [9.17, 15) is 0 Å². The van der Waals surface area contributed by atoms with E-state index in [4.69, 9.17) is 22.1 Å². The van der Waals surface area contributed by atoms with Gasteiger partial charge in [-0.3, -0.25) is 5.73 Å². The predicted molar refractivity (Wildman–Crippen MR) is 92.6 cm³/mol. The first-order valence-electron chi connectivity index (χ1n) is 7.99.